The van der Waals surface area contributed by atoms with Gasteiger partial charge >= 0.3 is 0 Å². The van der Waals surface area contributed by atoms with Gasteiger partial charge in [-0.3, -0.25) is 10.1 Å². The van der Waals surface area contributed by atoms with Gasteiger partial charge in [0.1, 0.15) is 0 Å². The lowest BCUT2D eigenvalue weighted by atomic mass is 10.1. The van der Waals surface area contributed by atoms with E-state index in [0.29, 0.717) is 6.42 Å². The first-order valence-corrected chi connectivity index (χ1v) is 6.95. The summed E-state index contributed by atoms with van der Waals surface area (Å²) >= 11 is 4.82. The molecule has 0 saturated heterocycles. The molecule has 5 heteroatoms. The van der Waals surface area contributed by atoms with Crippen molar-refractivity contribution in [2.45, 2.75) is 6.42 Å². The third-order valence-corrected chi connectivity index (χ3v) is 4.00. The van der Waals surface area contributed by atoms with Crippen LogP contribution in [0.2, 0.25) is 0 Å². The van der Waals surface area contributed by atoms with Crippen LogP contribution in [-0.2, 0) is 6.42 Å². The lowest BCUT2D eigenvalue weighted by Crippen LogP contribution is -2.01. The Hall–Kier alpha value is -1.46. The molecular formula is C13H10BrNO2S. The molecule has 0 fully saturated rings. The Morgan fingerprint density at radius 1 is 1.39 bits per heavy atom. The summed E-state index contributed by atoms with van der Waals surface area (Å²) in [6.07, 6.45) is 1.96. The molecule has 0 aliphatic carbocycles. The largest absolute Gasteiger partial charge is 0.259 e. The predicted octanol–water partition coefficient (Wildman–Crippen LogP) is 4.37. The first-order valence-electron chi connectivity index (χ1n) is 5.28. The fraction of sp³-hybridized carbons (Fsp3) is 0.0769. The van der Waals surface area contributed by atoms with Crippen molar-refractivity contribution in [2.24, 2.45) is 0 Å². The van der Waals surface area contributed by atoms with Crippen molar-refractivity contribution in [1.82, 2.24) is 0 Å². The van der Waals surface area contributed by atoms with Crippen LogP contribution in [0.25, 0.3) is 6.08 Å². The molecule has 0 aliphatic rings. The van der Waals surface area contributed by atoms with Crippen molar-refractivity contribution in [2.75, 3.05) is 0 Å². The average molecular weight is 324 g/mol. The Labute approximate surface area is 117 Å². The number of benzene rings is 1. The zero-order valence-corrected chi connectivity index (χ0v) is 11.8. The van der Waals surface area contributed by atoms with Gasteiger partial charge in [-0.05, 0) is 27.6 Å². The number of rotatable bonds is 4. The van der Waals surface area contributed by atoms with Crippen LogP contribution >= 0.6 is 27.3 Å². The third-order valence-electron chi connectivity index (χ3n) is 2.36. The Balaban J connectivity index is 2.24. The highest BCUT2D eigenvalue weighted by Gasteiger charge is 2.12. The molecule has 0 aliphatic heterocycles. The van der Waals surface area contributed by atoms with E-state index >= 15 is 0 Å². The van der Waals surface area contributed by atoms with Gasteiger partial charge in [-0.15, -0.1) is 11.3 Å². The molecule has 1 heterocycles. The SMILES string of the molecule is O=[N+]([O-])C(=Cc1cc(Br)cs1)Cc1ccccc1. The number of nitro groups is 1. The highest BCUT2D eigenvalue weighted by Crippen LogP contribution is 2.23. The van der Waals surface area contributed by atoms with Crippen LogP contribution < -0.4 is 0 Å². The molecule has 0 unspecified atom stereocenters. The van der Waals surface area contributed by atoms with Gasteiger partial charge in [-0.2, -0.15) is 0 Å². The number of allylic oxidation sites excluding steroid dienone is 1. The molecule has 1 aromatic heterocycles. The van der Waals surface area contributed by atoms with Gasteiger partial charge in [0.2, 0.25) is 0 Å². The molecule has 0 bridgehead atoms. The molecule has 1 aromatic carbocycles. The van der Waals surface area contributed by atoms with Crippen LogP contribution in [0.1, 0.15) is 10.4 Å². The van der Waals surface area contributed by atoms with E-state index in [1.807, 2.05) is 41.8 Å². The number of hydrogen-bond donors (Lipinski definition) is 0. The molecule has 18 heavy (non-hydrogen) atoms. The minimum absolute atomic E-state index is 0.204. The molecule has 0 spiro atoms. The summed E-state index contributed by atoms with van der Waals surface area (Å²) in [5.41, 5.74) is 1.15. The van der Waals surface area contributed by atoms with Crippen LogP contribution in [0.5, 0.6) is 0 Å². The van der Waals surface area contributed by atoms with Crippen LogP contribution in [0.3, 0.4) is 0 Å². The van der Waals surface area contributed by atoms with E-state index in [1.165, 1.54) is 11.3 Å². The van der Waals surface area contributed by atoms with Crippen molar-refractivity contribution in [3.8, 4) is 0 Å². The minimum Gasteiger partial charge on any atom is -0.259 e. The second kappa shape index (κ2) is 5.93. The predicted molar refractivity (Wildman–Crippen MR) is 77.1 cm³/mol. The van der Waals surface area contributed by atoms with Gasteiger partial charge in [0.05, 0.1) is 11.3 Å². The summed E-state index contributed by atoms with van der Waals surface area (Å²) in [7, 11) is 0. The molecule has 0 N–H and O–H groups in total. The molecule has 2 aromatic rings. The zero-order valence-electron chi connectivity index (χ0n) is 9.38. The van der Waals surface area contributed by atoms with Gasteiger partial charge in [-0.1, -0.05) is 30.3 Å². The normalized spacial score (nSPS) is 11.5. The van der Waals surface area contributed by atoms with E-state index in [9.17, 15) is 10.1 Å². The smallest absolute Gasteiger partial charge is 0.252 e. The molecule has 0 amide bonds. The van der Waals surface area contributed by atoms with E-state index < -0.39 is 0 Å². The summed E-state index contributed by atoms with van der Waals surface area (Å²) in [5, 5.41) is 13.0. The molecule has 2 rings (SSSR count). The maximum absolute atomic E-state index is 11.0. The summed E-state index contributed by atoms with van der Waals surface area (Å²) in [5.74, 6) is 0. The number of nitrogens with zero attached hydrogens (tertiary/aromatic N) is 1. The number of halogens is 1. The van der Waals surface area contributed by atoms with E-state index in [0.717, 1.165) is 14.9 Å². The second-order valence-corrected chi connectivity index (χ2v) is 5.58. The lowest BCUT2D eigenvalue weighted by molar-refractivity contribution is -0.425. The van der Waals surface area contributed by atoms with Gasteiger partial charge in [0, 0.05) is 20.8 Å². The van der Waals surface area contributed by atoms with E-state index in [-0.39, 0.29) is 10.6 Å². The van der Waals surface area contributed by atoms with Crippen LogP contribution in [0.4, 0.5) is 0 Å². The van der Waals surface area contributed by atoms with Gasteiger partial charge in [-0.25, -0.2) is 0 Å². The van der Waals surface area contributed by atoms with Crippen molar-refractivity contribution >= 4 is 33.3 Å². The summed E-state index contributed by atoms with van der Waals surface area (Å²) < 4.78 is 0.946. The summed E-state index contributed by atoms with van der Waals surface area (Å²) in [6.45, 7) is 0. The monoisotopic (exact) mass is 323 g/mol. The first kappa shape index (κ1) is 13.0. The molecule has 92 valence electrons. The Kier molecular flexibility index (Phi) is 4.28. The van der Waals surface area contributed by atoms with Crippen LogP contribution in [-0.4, -0.2) is 4.92 Å². The maximum Gasteiger partial charge on any atom is 0.252 e. The van der Waals surface area contributed by atoms with Crippen molar-refractivity contribution < 1.29 is 4.92 Å². The fourth-order valence-electron chi connectivity index (χ4n) is 1.54. The second-order valence-electron chi connectivity index (χ2n) is 3.72. The highest BCUT2D eigenvalue weighted by atomic mass is 79.9. The van der Waals surface area contributed by atoms with E-state index in [1.54, 1.807) is 6.08 Å². The molecule has 0 saturated carbocycles. The summed E-state index contributed by atoms with van der Waals surface area (Å²) in [4.78, 5) is 11.6. The Bertz CT molecular complexity index is 578. The van der Waals surface area contributed by atoms with Gasteiger partial charge in [0.15, 0.2) is 0 Å². The van der Waals surface area contributed by atoms with Crippen LogP contribution in [0, 0.1) is 10.1 Å². The highest BCUT2D eigenvalue weighted by molar-refractivity contribution is 9.10. The maximum atomic E-state index is 11.0. The fourth-order valence-corrected chi connectivity index (χ4v) is 2.94. The molecule has 0 radical (unpaired) electrons. The molecule has 3 nitrogen and oxygen atoms in total. The standard InChI is InChI=1S/C13H10BrNO2S/c14-11-7-13(18-9-11)8-12(15(16)17)6-10-4-2-1-3-5-10/h1-5,7-9H,6H2. The van der Waals surface area contributed by atoms with Crippen molar-refractivity contribution in [3.05, 3.63) is 72.5 Å². The minimum atomic E-state index is -0.319. The first-order chi connectivity index (χ1) is 8.65. The number of hydrogen-bond acceptors (Lipinski definition) is 3. The topological polar surface area (TPSA) is 43.1 Å². The average Bonchev–Trinajstić information content (AvgIpc) is 2.75. The summed E-state index contributed by atoms with van der Waals surface area (Å²) in [6, 6.07) is 11.3. The molecule has 0 atom stereocenters. The molecular weight excluding hydrogens is 314 g/mol. The van der Waals surface area contributed by atoms with E-state index in [2.05, 4.69) is 15.9 Å². The third kappa shape index (κ3) is 3.51. The van der Waals surface area contributed by atoms with Gasteiger partial charge < -0.3 is 0 Å². The van der Waals surface area contributed by atoms with Crippen LogP contribution in [0.15, 0.2) is 51.9 Å². The van der Waals surface area contributed by atoms with E-state index in [4.69, 9.17) is 0 Å². The van der Waals surface area contributed by atoms with Crippen molar-refractivity contribution in [3.63, 3.8) is 0 Å². The van der Waals surface area contributed by atoms with Crippen molar-refractivity contribution in [1.29, 1.82) is 0 Å². The Morgan fingerprint density at radius 3 is 2.67 bits per heavy atom. The zero-order chi connectivity index (χ0) is 13.0. The van der Waals surface area contributed by atoms with Gasteiger partial charge in [0.25, 0.3) is 5.70 Å². The number of thiophene rings is 1. The lowest BCUT2D eigenvalue weighted by Gasteiger charge is -1.98. The quantitative estimate of drug-likeness (QED) is 0.619. The Morgan fingerprint density at radius 2 is 2.11 bits per heavy atom.